The van der Waals surface area contributed by atoms with E-state index in [1.165, 1.54) is 6.07 Å². The van der Waals surface area contributed by atoms with E-state index in [-0.39, 0.29) is 5.56 Å². The maximum Gasteiger partial charge on any atom is 0.336 e. The molecule has 0 amide bonds. The van der Waals surface area contributed by atoms with Crippen LogP contribution in [0.2, 0.25) is 0 Å². The Balaban J connectivity index is 1.99. The van der Waals surface area contributed by atoms with Crippen LogP contribution in [0.15, 0.2) is 42.6 Å². The third-order valence-electron chi connectivity index (χ3n) is 3.63. The predicted molar refractivity (Wildman–Crippen MR) is 82.9 cm³/mol. The van der Waals surface area contributed by atoms with Gasteiger partial charge in [-0.15, -0.1) is 0 Å². The second-order valence-corrected chi connectivity index (χ2v) is 5.09. The fourth-order valence-electron chi connectivity index (χ4n) is 2.59. The number of fused-ring (bicyclic) bond motifs is 2. The number of carboxylic acids is 1. The van der Waals surface area contributed by atoms with Crippen molar-refractivity contribution in [1.29, 1.82) is 0 Å². The highest BCUT2D eigenvalue weighted by Gasteiger charge is 2.19. The fraction of sp³-hybridized carbons (Fsp3) is 0.118. The average Bonchev–Trinajstić information content (AvgIpc) is 2.59. The SMILES string of the molecule is O=C(O)c1cc(-c2ccccn2)nc2cc3c(cc12)OCCO3. The first-order valence-electron chi connectivity index (χ1n) is 7.11. The maximum atomic E-state index is 11.6. The lowest BCUT2D eigenvalue weighted by Gasteiger charge is -2.19. The molecule has 1 aliphatic heterocycles. The normalized spacial score (nSPS) is 13.0. The molecule has 6 heteroatoms. The monoisotopic (exact) mass is 308 g/mol. The first-order chi connectivity index (χ1) is 11.2. The molecule has 0 spiro atoms. The minimum atomic E-state index is -1.02. The summed E-state index contributed by atoms with van der Waals surface area (Å²) in [6.07, 6.45) is 1.64. The number of benzene rings is 1. The maximum absolute atomic E-state index is 11.6. The van der Waals surface area contributed by atoms with Crippen molar-refractivity contribution in [1.82, 2.24) is 9.97 Å². The van der Waals surface area contributed by atoms with Crippen molar-refractivity contribution in [3.63, 3.8) is 0 Å². The third-order valence-corrected chi connectivity index (χ3v) is 3.63. The molecule has 0 radical (unpaired) electrons. The molecular formula is C17H12N2O4. The fourth-order valence-corrected chi connectivity index (χ4v) is 2.59. The van der Waals surface area contributed by atoms with E-state index in [0.717, 1.165) is 0 Å². The Morgan fingerprint density at radius 2 is 1.83 bits per heavy atom. The van der Waals surface area contributed by atoms with E-state index in [4.69, 9.17) is 9.47 Å². The summed E-state index contributed by atoms with van der Waals surface area (Å²) < 4.78 is 11.1. The van der Waals surface area contributed by atoms with E-state index in [1.807, 2.05) is 6.07 Å². The van der Waals surface area contributed by atoms with Gasteiger partial charge in [0, 0.05) is 17.6 Å². The molecular weight excluding hydrogens is 296 g/mol. The number of nitrogens with zero attached hydrogens (tertiary/aromatic N) is 2. The molecule has 3 heterocycles. The van der Waals surface area contributed by atoms with E-state index in [1.54, 1.807) is 30.5 Å². The van der Waals surface area contributed by atoms with E-state index >= 15 is 0 Å². The highest BCUT2D eigenvalue weighted by molar-refractivity contribution is 6.04. The molecule has 0 aliphatic carbocycles. The largest absolute Gasteiger partial charge is 0.486 e. The number of carboxylic acid groups (broad SMARTS) is 1. The molecule has 0 unspecified atom stereocenters. The smallest absolute Gasteiger partial charge is 0.336 e. The second kappa shape index (κ2) is 5.24. The molecule has 23 heavy (non-hydrogen) atoms. The second-order valence-electron chi connectivity index (χ2n) is 5.09. The van der Waals surface area contributed by atoms with Gasteiger partial charge in [-0.2, -0.15) is 0 Å². The number of aromatic carboxylic acids is 1. The first kappa shape index (κ1) is 13.5. The molecule has 1 N–H and O–H groups in total. The molecule has 0 saturated heterocycles. The summed E-state index contributed by atoms with van der Waals surface area (Å²) >= 11 is 0. The standard InChI is InChI=1S/C17H12N2O4/c20-17(21)11-7-14(12-3-1-2-4-18-12)19-13-9-16-15(8-10(11)13)22-5-6-23-16/h1-4,7-9H,5-6H2,(H,20,21). The number of rotatable bonds is 2. The molecule has 2 aromatic heterocycles. The summed E-state index contributed by atoms with van der Waals surface area (Å²) in [7, 11) is 0. The Morgan fingerprint density at radius 3 is 2.52 bits per heavy atom. The van der Waals surface area contributed by atoms with Gasteiger partial charge in [0.2, 0.25) is 0 Å². The number of aromatic nitrogens is 2. The van der Waals surface area contributed by atoms with Gasteiger partial charge in [-0.05, 0) is 24.3 Å². The zero-order valence-electron chi connectivity index (χ0n) is 12.0. The Morgan fingerprint density at radius 1 is 1.04 bits per heavy atom. The van der Waals surface area contributed by atoms with Crippen LogP contribution in [-0.4, -0.2) is 34.3 Å². The lowest BCUT2D eigenvalue weighted by Crippen LogP contribution is -2.15. The van der Waals surface area contributed by atoms with Gasteiger partial charge in [0.05, 0.1) is 22.5 Å². The van der Waals surface area contributed by atoms with Crippen LogP contribution in [0.1, 0.15) is 10.4 Å². The zero-order valence-corrected chi connectivity index (χ0v) is 12.0. The van der Waals surface area contributed by atoms with Gasteiger partial charge >= 0.3 is 5.97 Å². The number of carbonyl (C=O) groups is 1. The zero-order chi connectivity index (χ0) is 15.8. The Bertz CT molecular complexity index is 909. The minimum absolute atomic E-state index is 0.160. The summed E-state index contributed by atoms with van der Waals surface area (Å²) in [4.78, 5) is 20.4. The molecule has 0 fully saturated rings. The molecule has 0 bridgehead atoms. The Hall–Kier alpha value is -3.15. The molecule has 6 nitrogen and oxygen atoms in total. The van der Waals surface area contributed by atoms with Crippen LogP contribution in [0.3, 0.4) is 0 Å². The summed E-state index contributed by atoms with van der Waals surface area (Å²) in [6, 6.07) is 10.3. The molecule has 1 aliphatic rings. The van der Waals surface area contributed by atoms with E-state index < -0.39 is 5.97 Å². The number of pyridine rings is 2. The Kier molecular flexibility index (Phi) is 3.08. The number of ether oxygens (including phenoxy) is 2. The number of hydrogen-bond donors (Lipinski definition) is 1. The van der Waals surface area contributed by atoms with Crippen LogP contribution >= 0.6 is 0 Å². The predicted octanol–water partition coefficient (Wildman–Crippen LogP) is 2.77. The third kappa shape index (κ3) is 2.34. The average molecular weight is 308 g/mol. The van der Waals surface area contributed by atoms with Crippen molar-refractivity contribution >= 4 is 16.9 Å². The number of hydrogen-bond acceptors (Lipinski definition) is 5. The molecule has 114 valence electrons. The van der Waals surface area contributed by atoms with Gasteiger partial charge in [0.15, 0.2) is 11.5 Å². The quantitative estimate of drug-likeness (QED) is 0.784. The van der Waals surface area contributed by atoms with Gasteiger partial charge in [-0.3, -0.25) is 4.98 Å². The molecule has 1 aromatic carbocycles. The highest BCUT2D eigenvalue weighted by Crippen LogP contribution is 2.36. The molecule has 4 rings (SSSR count). The van der Waals surface area contributed by atoms with Crippen molar-refractivity contribution in [2.45, 2.75) is 0 Å². The van der Waals surface area contributed by atoms with Crippen LogP contribution < -0.4 is 9.47 Å². The van der Waals surface area contributed by atoms with Gasteiger partial charge in [-0.1, -0.05) is 6.07 Å². The lowest BCUT2D eigenvalue weighted by molar-refractivity contribution is 0.0699. The summed E-state index contributed by atoms with van der Waals surface area (Å²) in [6.45, 7) is 0.907. The van der Waals surface area contributed by atoms with Crippen molar-refractivity contribution in [3.8, 4) is 22.9 Å². The summed E-state index contributed by atoms with van der Waals surface area (Å²) in [5, 5.41) is 10.1. The van der Waals surface area contributed by atoms with Crippen molar-refractivity contribution in [2.24, 2.45) is 0 Å². The molecule has 0 atom stereocenters. The van der Waals surface area contributed by atoms with Crippen LogP contribution in [0.5, 0.6) is 11.5 Å². The Labute approximate surface area is 131 Å². The van der Waals surface area contributed by atoms with Crippen LogP contribution in [0.25, 0.3) is 22.3 Å². The van der Waals surface area contributed by atoms with Gasteiger partial charge < -0.3 is 14.6 Å². The van der Waals surface area contributed by atoms with Gasteiger partial charge in [0.1, 0.15) is 13.2 Å². The lowest BCUT2D eigenvalue weighted by atomic mass is 10.1. The molecule has 3 aromatic rings. The molecule has 0 saturated carbocycles. The highest BCUT2D eigenvalue weighted by atomic mass is 16.6. The topological polar surface area (TPSA) is 81.5 Å². The van der Waals surface area contributed by atoms with Crippen molar-refractivity contribution in [2.75, 3.05) is 13.2 Å². The van der Waals surface area contributed by atoms with E-state index in [2.05, 4.69) is 9.97 Å². The van der Waals surface area contributed by atoms with Gasteiger partial charge in [0.25, 0.3) is 0 Å². The first-order valence-corrected chi connectivity index (χ1v) is 7.11. The summed E-state index contributed by atoms with van der Waals surface area (Å²) in [5.74, 6) is 0.0932. The van der Waals surface area contributed by atoms with Crippen LogP contribution in [-0.2, 0) is 0 Å². The van der Waals surface area contributed by atoms with E-state index in [9.17, 15) is 9.90 Å². The van der Waals surface area contributed by atoms with Crippen LogP contribution in [0, 0.1) is 0 Å². The van der Waals surface area contributed by atoms with Crippen molar-refractivity contribution in [3.05, 3.63) is 48.2 Å². The van der Waals surface area contributed by atoms with Crippen molar-refractivity contribution < 1.29 is 19.4 Å². The summed E-state index contributed by atoms with van der Waals surface area (Å²) in [5.41, 5.74) is 1.82. The minimum Gasteiger partial charge on any atom is -0.486 e. The van der Waals surface area contributed by atoms with E-state index in [0.29, 0.717) is 47.0 Å². The van der Waals surface area contributed by atoms with Crippen LogP contribution in [0.4, 0.5) is 0 Å². The van der Waals surface area contributed by atoms with Gasteiger partial charge in [-0.25, -0.2) is 9.78 Å².